The summed E-state index contributed by atoms with van der Waals surface area (Å²) in [5, 5.41) is 40.6. The molecule has 1 atom stereocenters. The average Bonchev–Trinajstić information content (AvgIpc) is 2.77. The molecule has 0 aliphatic carbocycles. The first kappa shape index (κ1) is 20.7. The fraction of sp³-hybridized carbons (Fsp3) is 0.0833. The van der Waals surface area contributed by atoms with E-state index in [0.717, 1.165) is 12.1 Å². The van der Waals surface area contributed by atoms with Crippen molar-refractivity contribution in [2.45, 2.75) is 12.3 Å². The van der Waals surface area contributed by atoms with E-state index in [0.29, 0.717) is 16.1 Å². The van der Waals surface area contributed by atoms with Crippen molar-refractivity contribution in [1.29, 1.82) is 0 Å². The Balaban J connectivity index is 1.86. The number of rotatable bonds is 2. The minimum Gasteiger partial charge on any atom is -0.507 e. The number of carbonyl (C=O) groups is 1. The van der Waals surface area contributed by atoms with Crippen molar-refractivity contribution >= 4 is 28.5 Å². The topological polar surface area (TPSA) is 137 Å². The van der Waals surface area contributed by atoms with Crippen LogP contribution in [0.3, 0.4) is 0 Å². The van der Waals surface area contributed by atoms with Crippen LogP contribution in [0.25, 0.3) is 22.3 Å². The maximum Gasteiger partial charge on any atom is 0.312 e. The Bertz CT molecular complexity index is 1520. The number of fused-ring (bicyclic) bond motifs is 3. The van der Waals surface area contributed by atoms with Crippen LogP contribution in [0, 0.1) is 0 Å². The Kier molecular flexibility index (Phi) is 4.68. The Morgan fingerprint density at radius 1 is 0.909 bits per heavy atom. The molecule has 0 saturated carbocycles. The first-order valence-corrected chi connectivity index (χ1v) is 10.2. The van der Waals surface area contributed by atoms with Gasteiger partial charge < -0.3 is 29.6 Å². The van der Waals surface area contributed by atoms with Crippen LogP contribution in [-0.4, -0.2) is 26.4 Å². The van der Waals surface area contributed by atoms with Gasteiger partial charge in [0.25, 0.3) is 0 Å². The molecular formula is C24H15ClO8. The Morgan fingerprint density at radius 2 is 1.70 bits per heavy atom. The summed E-state index contributed by atoms with van der Waals surface area (Å²) in [6, 6.07) is 11.6. The highest BCUT2D eigenvalue weighted by molar-refractivity contribution is 6.30. The van der Waals surface area contributed by atoms with Crippen LogP contribution >= 0.6 is 11.6 Å². The van der Waals surface area contributed by atoms with Crippen molar-refractivity contribution in [1.82, 2.24) is 0 Å². The second kappa shape index (κ2) is 7.46. The molecule has 8 nitrogen and oxygen atoms in total. The second-order valence-electron chi connectivity index (χ2n) is 7.61. The lowest BCUT2D eigenvalue weighted by atomic mass is 9.85. The minimum absolute atomic E-state index is 0.00886. The molecule has 166 valence electrons. The van der Waals surface area contributed by atoms with Crippen LogP contribution in [0.2, 0.25) is 5.02 Å². The first-order chi connectivity index (χ1) is 15.7. The lowest BCUT2D eigenvalue weighted by molar-refractivity contribution is -0.135. The molecule has 0 amide bonds. The second-order valence-corrected chi connectivity index (χ2v) is 8.05. The molecule has 4 aromatic rings. The molecule has 2 heterocycles. The van der Waals surface area contributed by atoms with Crippen molar-refractivity contribution in [3.63, 3.8) is 0 Å². The lowest BCUT2D eigenvalue weighted by Gasteiger charge is -2.26. The molecule has 0 spiro atoms. The van der Waals surface area contributed by atoms with Crippen LogP contribution in [0.15, 0.2) is 57.7 Å². The van der Waals surface area contributed by atoms with E-state index < -0.39 is 40.3 Å². The number of phenolic OH excluding ortho intramolecular Hbond substituents is 3. The van der Waals surface area contributed by atoms with Gasteiger partial charge in [0.1, 0.15) is 22.5 Å². The van der Waals surface area contributed by atoms with Crippen LogP contribution in [0.4, 0.5) is 0 Å². The van der Waals surface area contributed by atoms with E-state index in [1.807, 2.05) is 0 Å². The van der Waals surface area contributed by atoms with Gasteiger partial charge in [0, 0.05) is 28.1 Å². The normalized spacial score (nSPS) is 15.3. The van der Waals surface area contributed by atoms with Gasteiger partial charge in [-0.1, -0.05) is 23.7 Å². The fourth-order valence-electron chi connectivity index (χ4n) is 4.05. The zero-order valence-corrected chi connectivity index (χ0v) is 17.5. The number of aromatic hydroxyl groups is 4. The third-order valence-electron chi connectivity index (χ3n) is 5.55. The number of halogens is 1. The summed E-state index contributed by atoms with van der Waals surface area (Å²) >= 11 is 6.14. The van der Waals surface area contributed by atoms with Gasteiger partial charge in [0.15, 0.2) is 17.3 Å². The van der Waals surface area contributed by atoms with E-state index in [2.05, 4.69) is 0 Å². The summed E-state index contributed by atoms with van der Waals surface area (Å²) in [4.78, 5) is 25.3. The van der Waals surface area contributed by atoms with Crippen molar-refractivity contribution in [3.05, 3.63) is 74.9 Å². The smallest absolute Gasteiger partial charge is 0.312 e. The van der Waals surface area contributed by atoms with E-state index in [1.165, 1.54) is 12.1 Å². The molecule has 0 saturated heterocycles. The average molecular weight is 467 g/mol. The summed E-state index contributed by atoms with van der Waals surface area (Å²) in [7, 11) is 0. The molecule has 0 unspecified atom stereocenters. The predicted molar refractivity (Wildman–Crippen MR) is 118 cm³/mol. The monoisotopic (exact) mass is 466 g/mol. The molecular weight excluding hydrogens is 452 g/mol. The highest BCUT2D eigenvalue weighted by Gasteiger charge is 2.34. The molecule has 1 aliphatic rings. The highest BCUT2D eigenvalue weighted by Crippen LogP contribution is 2.47. The molecule has 5 rings (SSSR count). The molecule has 4 N–H and O–H groups in total. The number of esters is 1. The van der Waals surface area contributed by atoms with Crippen LogP contribution in [-0.2, 0) is 4.79 Å². The largest absolute Gasteiger partial charge is 0.507 e. The third-order valence-corrected chi connectivity index (χ3v) is 5.79. The van der Waals surface area contributed by atoms with Gasteiger partial charge in [-0.05, 0) is 35.9 Å². The number of benzene rings is 3. The van der Waals surface area contributed by atoms with Crippen molar-refractivity contribution in [2.24, 2.45) is 0 Å². The molecule has 9 heteroatoms. The van der Waals surface area contributed by atoms with Gasteiger partial charge in [-0.3, -0.25) is 9.59 Å². The molecule has 0 fully saturated rings. The zero-order chi connectivity index (χ0) is 23.4. The quantitative estimate of drug-likeness (QED) is 0.194. The minimum atomic E-state index is -0.916. The summed E-state index contributed by atoms with van der Waals surface area (Å²) in [6.07, 6.45) is -0.0763. The lowest BCUT2D eigenvalue weighted by Crippen LogP contribution is -2.22. The molecule has 1 aliphatic heterocycles. The van der Waals surface area contributed by atoms with Gasteiger partial charge >= 0.3 is 5.97 Å². The van der Waals surface area contributed by atoms with Crippen molar-refractivity contribution < 1.29 is 34.4 Å². The summed E-state index contributed by atoms with van der Waals surface area (Å²) < 4.78 is 11.2. The highest BCUT2D eigenvalue weighted by atomic mass is 35.5. The maximum absolute atomic E-state index is 13.0. The van der Waals surface area contributed by atoms with Crippen molar-refractivity contribution in [3.8, 4) is 40.1 Å². The van der Waals surface area contributed by atoms with E-state index in [1.54, 1.807) is 24.3 Å². The zero-order valence-electron chi connectivity index (χ0n) is 16.7. The fourth-order valence-corrected chi connectivity index (χ4v) is 4.25. The molecule has 33 heavy (non-hydrogen) atoms. The van der Waals surface area contributed by atoms with E-state index in [9.17, 15) is 30.0 Å². The Hall–Kier alpha value is -4.17. The summed E-state index contributed by atoms with van der Waals surface area (Å²) in [6.45, 7) is 0. The number of hydrogen-bond donors (Lipinski definition) is 4. The first-order valence-electron chi connectivity index (χ1n) is 9.78. The SMILES string of the molecule is O=C1C[C@H](c2cccc(Cl)c2)c2c(cc(O)c3c(=O)c(O)c(-c4ccc(O)c(O)c4)oc23)O1. The standard InChI is InChI=1S/C24H15ClO8/c25-12-3-1-2-10(6-12)13-8-18(29)32-17-9-16(28)20-21(30)22(31)23(33-24(20)19(13)17)11-4-5-14(26)15(27)7-11/h1-7,9,13,26-28,31H,8H2/t13-/m1/s1. The van der Waals surface area contributed by atoms with Crippen LogP contribution < -0.4 is 10.2 Å². The van der Waals surface area contributed by atoms with E-state index >= 15 is 0 Å². The number of phenols is 3. The molecule has 1 aromatic heterocycles. The van der Waals surface area contributed by atoms with Crippen LogP contribution in [0.5, 0.6) is 28.7 Å². The molecule has 0 bridgehead atoms. The predicted octanol–water partition coefficient (Wildman–Crippen LogP) is 4.38. The van der Waals surface area contributed by atoms with Crippen LogP contribution in [0.1, 0.15) is 23.5 Å². The van der Waals surface area contributed by atoms with E-state index in [-0.39, 0.29) is 34.5 Å². The number of carbonyl (C=O) groups excluding carboxylic acids is 1. The summed E-state index contributed by atoms with van der Waals surface area (Å²) in [5.74, 6) is -3.66. The van der Waals surface area contributed by atoms with Gasteiger partial charge in [0.2, 0.25) is 11.2 Å². The molecule has 3 aromatic carbocycles. The Morgan fingerprint density at radius 3 is 2.42 bits per heavy atom. The van der Waals surface area contributed by atoms with Gasteiger partial charge in [-0.15, -0.1) is 0 Å². The third kappa shape index (κ3) is 3.32. The Labute approximate surface area is 190 Å². The van der Waals surface area contributed by atoms with Gasteiger partial charge in [-0.2, -0.15) is 0 Å². The van der Waals surface area contributed by atoms with E-state index in [4.69, 9.17) is 20.8 Å². The van der Waals surface area contributed by atoms with Gasteiger partial charge in [0.05, 0.1) is 6.42 Å². The number of ether oxygens (including phenoxy) is 1. The number of hydrogen-bond acceptors (Lipinski definition) is 8. The van der Waals surface area contributed by atoms with Crippen molar-refractivity contribution in [2.75, 3.05) is 0 Å². The maximum atomic E-state index is 13.0. The van der Waals surface area contributed by atoms with Gasteiger partial charge in [-0.25, -0.2) is 0 Å². The molecule has 0 radical (unpaired) electrons. The summed E-state index contributed by atoms with van der Waals surface area (Å²) in [5.41, 5.74) is 0.0812.